The number of aryl methyl sites for hydroxylation is 1. The maximum Gasteiger partial charge on any atom is 0.132 e. The maximum atomic E-state index is 5.66. The van der Waals surface area contributed by atoms with Gasteiger partial charge in [-0.05, 0) is 36.2 Å². The lowest BCUT2D eigenvalue weighted by molar-refractivity contribution is 0.873. The minimum Gasteiger partial charge on any atom is -0.384 e. The first-order valence-electron chi connectivity index (χ1n) is 5.05. The van der Waals surface area contributed by atoms with Crippen molar-refractivity contribution in [1.82, 2.24) is 9.97 Å². The van der Waals surface area contributed by atoms with Gasteiger partial charge in [-0.1, -0.05) is 0 Å². The Morgan fingerprint density at radius 3 is 2.88 bits per heavy atom. The van der Waals surface area contributed by atoms with Gasteiger partial charge in [0, 0.05) is 6.07 Å². The maximum absolute atomic E-state index is 5.66. The zero-order chi connectivity index (χ0) is 11.5. The van der Waals surface area contributed by atoms with Gasteiger partial charge in [0.05, 0.1) is 6.04 Å². The van der Waals surface area contributed by atoms with Gasteiger partial charge in [0.15, 0.2) is 0 Å². The standard InChI is InChI=1S/C11H14N4S/c1-7(9-3-4-16-6-9)13-11-5-10(12)14-8(2)15-11/h3-7H,1-2H3,(H3,12,13,14,15). The molecule has 0 aliphatic heterocycles. The van der Waals surface area contributed by atoms with Crippen LogP contribution < -0.4 is 11.1 Å². The van der Waals surface area contributed by atoms with E-state index in [1.807, 2.05) is 6.92 Å². The fourth-order valence-electron chi connectivity index (χ4n) is 1.49. The zero-order valence-corrected chi connectivity index (χ0v) is 10.1. The summed E-state index contributed by atoms with van der Waals surface area (Å²) < 4.78 is 0. The smallest absolute Gasteiger partial charge is 0.132 e. The summed E-state index contributed by atoms with van der Waals surface area (Å²) in [7, 11) is 0. The highest BCUT2D eigenvalue weighted by molar-refractivity contribution is 7.07. The average Bonchev–Trinajstić information content (AvgIpc) is 2.68. The molecule has 4 nitrogen and oxygen atoms in total. The molecule has 84 valence electrons. The number of nitrogens with one attached hydrogen (secondary N) is 1. The monoisotopic (exact) mass is 234 g/mol. The number of anilines is 2. The minimum absolute atomic E-state index is 0.222. The van der Waals surface area contributed by atoms with E-state index in [0.29, 0.717) is 11.6 Å². The Bertz CT molecular complexity index is 447. The van der Waals surface area contributed by atoms with Gasteiger partial charge in [0.25, 0.3) is 0 Å². The van der Waals surface area contributed by atoms with Crippen LogP contribution in [0.3, 0.4) is 0 Å². The molecule has 0 aromatic carbocycles. The Morgan fingerprint density at radius 1 is 1.44 bits per heavy atom. The van der Waals surface area contributed by atoms with Gasteiger partial charge in [-0.25, -0.2) is 9.97 Å². The number of hydrogen-bond acceptors (Lipinski definition) is 5. The summed E-state index contributed by atoms with van der Waals surface area (Å²) >= 11 is 1.69. The van der Waals surface area contributed by atoms with E-state index < -0.39 is 0 Å². The number of thiophene rings is 1. The summed E-state index contributed by atoms with van der Waals surface area (Å²) in [4.78, 5) is 8.32. The van der Waals surface area contributed by atoms with Gasteiger partial charge < -0.3 is 11.1 Å². The number of nitrogen functional groups attached to an aromatic ring is 1. The Labute approximate surface area is 98.6 Å². The number of nitrogens with zero attached hydrogens (tertiary/aromatic N) is 2. The SMILES string of the molecule is Cc1nc(N)cc(NC(C)c2ccsc2)n1. The second-order valence-electron chi connectivity index (χ2n) is 3.65. The van der Waals surface area contributed by atoms with Crippen LogP contribution in [0, 0.1) is 6.92 Å². The molecule has 0 aliphatic carbocycles. The first-order valence-corrected chi connectivity index (χ1v) is 5.99. The quantitative estimate of drug-likeness (QED) is 0.856. The zero-order valence-electron chi connectivity index (χ0n) is 9.27. The predicted molar refractivity (Wildman–Crippen MR) is 67.5 cm³/mol. The third-order valence-electron chi connectivity index (χ3n) is 2.27. The minimum atomic E-state index is 0.222. The Kier molecular flexibility index (Phi) is 3.05. The molecular formula is C11H14N4S. The molecule has 2 heterocycles. The van der Waals surface area contributed by atoms with Crippen LogP contribution in [-0.4, -0.2) is 9.97 Å². The van der Waals surface area contributed by atoms with Gasteiger partial charge in [0.2, 0.25) is 0 Å². The van der Waals surface area contributed by atoms with E-state index in [4.69, 9.17) is 5.73 Å². The molecule has 0 spiro atoms. The van der Waals surface area contributed by atoms with Crippen LogP contribution in [-0.2, 0) is 0 Å². The van der Waals surface area contributed by atoms with E-state index in [9.17, 15) is 0 Å². The van der Waals surface area contributed by atoms with E-state index in [1.54, 1.807) is 17.4 Å². The highest BCUT2D eigenvalue weighted by Crippen LogP contribution is 2.20. The van der Waals surface area contributed by atoms with Gasteiger partial charge in [-0.2, -0.15) is 11.3 Å². The fraction of sp³-hybridized carbons (Fsp3) is 0.273. The third kappa shape index (κ3) is 2.49. The summed E-state index contributed by atoms with van der Waals surface area (Å²) in [6.45, 7) is 3.92. The molecule has 0 aliphatic rings. The molecule has 2 rings (SSSR count). The van der Waals surface area contributed by atoms with Crippen LogP contribution in [0.2, 0.25) is 0 Å². The molecule has 3 N–H and O–H groups in total. The molecule has 2 aromatic rings. The molecule has 1 unspecified atom stereocenters. The molecule has 0 saturated heterocycles. The molecule has 5 heteroatoms. The van der Waals surface area contributed by atoms with Crippen molar-refractivity contribution in [3.05, 3.63) is 34.3 Å². The highest BCUT2D eigenvalue weighted by Gasteiger charge is 2.07. The molecular weight excluding hydrogens is 220 g/mol. The second kappa shape index (κ2) is 4.49. The molecule has 16 heavy (non-hydrogen) atoms. The summed E-state index contributed by atoms with van der Waals surface area (Å²) in [5.74, 6) is 1.94. The van der Waals surface area contributed by atoms with E-state index in [1.165, 1.54) is 5.56 Å². The fourth-order valence-corrected chi connectivity index (χ4v) is 2.25. The van der Waals surface area contributed by atoms with E-state index in [0.717, 1.165) is 5.82 Å². The molecule has 2 aromatic heterocycles. The van der Waals surface area contributed by atoms with Crippen molar-refractivity contribution in [2.45, 2.75) is 19.9 Å². The number of nitrogens with two attached hydrogens (primary N) is 1. The van der Waals surface area contributed by atoms with Crippen molar-refractivity contribution >= 4 is 23.0 Å². The lowest BCUT2D eigenvalue weighted by Crippen LogP contribution is -2.08. The van der Waals surface area contributed by atoms with Crippen molar-refractivity contribution in [3.8, 4) is 0 Å². The molecule has 1 atom stereocenters. The van der Waals surface area contributed by atoms with Crippen molar-refractivity contribution in [3.63, 3.8) is 0 Å². The molecule has 0 radical (unpaired) electrons. The topological polar surface area (TPSA) is 63.8 Å². The normalized spacial score (nSPS) is 12.4. The van der Waals surface area contributed by atoms with Crippen LogP contribution in [0.25, 0.3) is 0 Å². The van der Waals surface area contributed by atoms with Crippen molar-refractivity contribution in [2.75, 3.05) is 11.1 Å². The van der Waals surface area contributed by atoms with E-state index in [-0.39, 0.29) is 6.04 Å². The van der Waals surface area contributed by atoms with Gasteiger partial charge in [0.1, 0.15) is 17.5 Å². The Hall–Kier alpha value is -1.62. The molecule has 0 saturated carbocycles. The van der Waals surface area contributed by atoms with E-state index >= 15 is 0 Å². The molecule has 0 fully saturated rings. The molecule has 0 bridgehead atoms. The van der Waals surface area contributed by atoms with Crippen molar-refractivity contribution < 1.29 is 0 Å². The first kappa shape index (κ1) is 10.9. The lowest BCUT2D eigenvalue weighted by atomic mass is 10.2. The summed E-state index contributed by atoms with van der Waals surface area (Å²) in [5.41, 5.74) is 6.91. The van der Waals surface area contributed by atoms with Gasteiger partial charge in [-0.3, -0.25) is 0 Å². The van der Waals surface area contributed by atoms with Crippen LogP contribution in [0.1, 0.15) is 24.4 Å². The van der Waals surface area contributed by atoms with E-state index in [2.05, 4.69) is 39.0 Å². The van der Waals surface area contributed by atoms with Crippen LogP contribution in [0.15, 0.2) is 22.9 Å². The average molecular weight is 234 g/mol. The van der Waals surface area contributed by atoms with Crippen molar-refractivity contribution in [1.29, 1.82) is 0 Å². The third-order valence-corrected chi connectivity index (χ3v) is 2.97. The summed E-state index contributed by atoms with van der Waals surface area (Å²) in [5, 5.41) is 7.48. The second-order valence-corrected chi connectivity index (χ2v) is 4.43. The number of rotatable bonds is 3. The number of hydrogen-bond donors (Lipinski definition) is 2. The highest BCUT2D eigenvalue weighted by atomic mass is 32.1. The van der Waals surface area contributed by atoms with Crippen LogP contribution in [0.5, 0.6) is 0 Å². The summed E-state index contributed by atoms with van der Waals surface area (Å²) in [6.07, 6.45) is 0. The van der Waals surface area contributed by atoms with Crippen molar-refractivity contribution in [2.24, 2.45) is 0 Å². The number of aromatic nitrogens is 2. The van der Waals surface area contributed by atoms with Crippen LogP contribution >= 0.6 is 11.3 Å². The molecule has 0 amide bonds. The largest absolute Gasteiger partial charge is 0.384 e. The van der Waals surface area contributed by atoms with Gasteiger partial charge in [-0.15, -0.1) is 0 Å². The Balaban J connectivity index is 2.15. The lowest BCUT2D eigenvalue weighted by Gasteiger charge is -2.13. The first-order chi connectivity index (χ1) is 7.65. The van der Waals surface area contributed by atoms with Gasteiger partial charge >= 0.3 is 0 Å². The van der Waals surface area contributed by atoms with Crippen LogP contribution in [0.4, 0.5) is 11.6 Å². The predicted octanol–water partition coefficient (Wildman–Crippen LogP) is 2.60. The Morgan fingerprint density at radius 2 is 2.25 bits per heavy atom. The summed E-state index contributed by atoms with van der Waals surface area (Å²) in [6, 6.07) is 4.07.